The van der Waals surface area contributed by atoms with Gasteiger partial charge >= 0.3 is 11.9 Å². The fourth-order valence-electron chi connectivity index (χ4n) is 4.36. The van der Waals surface area contributed by atoms with Gasteiger partial charge in [-0.05, 0) is 38.5 Å². The minimum absolute atomic E-state index is 0.577. The van der Waals surface area contributed by atoms with Crippen LogP contribution in [0, 0.1) is 10.8 Å². The van der Waals surface area contributed by atoms with Gasteiger partial charge in [0.05, 0.1) is 10.8 Å². The van der Waals surface area contributed by atoms with Gasteiger partial charge in [0.1, 0.15) is 0 Å². The molecule has 0 radical (unpaired) electrons. The summed E-state index contributed by atoms with van der Waals surface area (Å²) in [5, 5.41) is 19.2. The molecule has 0 aromatic heterocycles. The minimum Gasteiger partial charge on any atom is -0.481 e. The third-order valence-corrected chi connectivity index (χ3v) is 5.84. The number of hydrogen-bond donors (Lipinski definition) is 2. The summed E-state index contributed by atoms with van der Waals surface area (Å²) in [5.74, 6) is -1.34. The van der Waals surface area contributed by atoms with Gasteiger partial charge in [0.25, 0.3) is 0 Å². The summed E-state index contributed by atoms with van der Waals surface area (Å²) in [4.78, 5) is 23.3. The summed E-state index contributed by atoms with van der Waals surface area (Å²) in [5.41, 5.74) is -1.15. The van der Waals surface area contributed by atoms with Crippen molar-refractivity contribution in [1.82, 2.24) is 0 Å². The molecular formula is C17H28O4. The summed E-state index contributed by atoms with van der Waals surface area (Å²) in [6.45, 7) is 0. The lowest BCUT2D eigenvalue weighted by Crippen LogP contribution is -2.36. The van der Waals surface area contributed by atoms with Crippen LogP contribution in [0.5, 0.6) is 0 Å². The lowest BCUT2D eigenvalue weighted by atomic mass is 9.67. The Bertz CT molecular complexity index is 340. The third kappa shape index (κ3) is 3.58. The molecule has 2 aliphatic carbocycles. The van der Waals surface area contributed by atoms with Crippen LogP contribution in [0.1, 0.15) is 83.5 Å². The molecule has 0 saturated heterocycles. The van der Waals surface area contributed by atoms with Crippen LogP contribution in [0.25, 0.3) is 0 Å². The van der Waals surface area contributed by atoms with Crippen molar-refractivity contribution >= 4 is 11.9 Å². The molecule has 2 rings (SSSR count). The van der Waals surface area contributed by atoms with Crippen LogP contribution in [-0.4, -0.2) is 22.2 Å². The molecule has 21 heavy (non-hydrogen) atoms. The fraction of sp³-hybridized carbons (Fsp3) is 0.882. The molecule has 2 aliphatic rings. The van der Waals surface area contributed by atoms with Crippen molar-refractivity contribution in [1.29, 1.82) is 0 Å². The maximum absolute atomic E-state index is 11.7. The SMILES string of the molecule is O=C(O)C1(CCCC2(C(=O)O)CCCCC2)CCCCC1. The molecule has 0 aromatic rings. The highest BCUT2D eigenvalue weighted by molar-refractivity contribution is 5.75. The predicted octanol–water partition coefficient (Wildman–Crippen LogP) is 4.23. The van der Waals surface area contributed by atoms with Gasteiger partial charge in [-0.3, -0.25) is 9.59 Å². The van der Waals surface area contributed by atoms with E-state index in [1.165, 1.54) is 0 Å². The van der Waals surface area contributed by atoms with Crippen LogP contribution in [0.4, 0.5) is 0 Å². The Morgan fingerprint density at radius 1 is 0.667 bits per heavy atom. The van der Waals surface area contributed by atoms with Crippen LogP contribution in [0.15, 0.2) is 0 Å². The highest BCUT2D eigenvalue weighted by Gasteiger charge is 2.42. The Morgan fingerprint density at radius 3 is 1.29 bits per heavy atom. The first-order valence-electron chi connectivity index (χ1n) is 8.48. The topological polar surface area (TPSA) is 74.6 Å². The fourth-order valence-corrected chi connectivity index (χ4v) is 4.36. The third-order valence-electron chi connectivity index (χ3n) is 5.84. The van der Waals surface area contributed by atoms with Crippen molar-refractivity contribution < 1.29 is 19.8 Å². The molecule has 4 nitrogen and oxygen atoms in total. The second-order valence-corrected chi connectivity index (χ2v) is 7.15. The minimum atomic E-state index is -0.671. The Morgan fingerprint density at radius 2 is 1.00 bits per heavy atom. The number of rotatable bonds is 6. The van der Waals surface area contributed by atoms with E-state index >= 15 is 0 Å². The molecule has 0 unspecified atom stereocenters. The first-order valence-corrected chi connectivity index (χ1v) is 8.48. The quantitative estimate of drug-likeness (QED) is 0.769. The molecule has 2 fully saturated rings. The monoisotopic (exact) mass is 296 g/mol. The zero-order chi connectivity index (χ0) is 15.3. The van der Waals surface area contributed by atoms with Crippen LogP contribution in [0.3, 0.4) is 0 Å². The number of carboxylic acids is 2. The van der Waals surface area contributed by atoms with Crippen LogP contribution < -0.4 is 0 Å². The zero-order valence-electron chi connectivity index (χ0n) is 12.9. The molecule has 0 amide bonds. The average Bonchev–Trinajstić information content (AvgIpc) is 2.49. The Balaban J connectivity index is 1.94. The van der Waals surface area contributed by atoms with E-state index in [2.05, 4.69) is 0 Å². The maximum atomic E-state index is 11.7. The standard InChI is InChI=1S/C17H28O4/c18-14(19)16(8-3-1-4-9-16)12-7-13-17(15(20)21)10-5-2-6-11-17/h1-13H2,(H,18,19)(H,20,21). The highest BCUT2D eigenvalue weighted by Crippen LogP contribution is 2.45. The maximum Gasteiger partial charge on any atom is 0.309 e. The van der Waals surface area contributed by atoms with Crippen molar-refractivity contribution in [2.75, 3.05) is 0 Å². The van der Waals surface area contributed by atoms with Crippen LogP contribution in [-0.2, 0) is 9.59 Å². The van der Waals surface area contributed by atoms with E-state index in [1.54, 1.807) is 0 Å². The van der Waals surface area contributed by atoms with Crippen molar-refractivity contribution in [2.24, 2.45) is 10.8 Å². The first kappa shape index (κ1) is 16.3. The average molecular weight is 296 g/mol. The lowest BCUT2D eigenvalue weighted by molar-refractivity contribution is -0.153. The van der Waals surface area contributed by atoms with E-state index in [4.69, 9.17) is 0 Å². The molecule has 2 N–H and O–H groups in total. The lowest BCUT2D eigenvalue weighted by Gasteiger charge is -2.36. The molecule has 120 valence electrons. The summed E-state index contributed by atoms with van der Waals surface area (Å²) in [6, 6.07) is 0. The Kier molecular flexibility index (Phi) is 5.28. The van der Waals surface area contributed by atoms with E-state index in [0.29, 0.717) is 12.8 Å². The second-order valence-electron chi connectivity index (χ2n) is 7.15. The molecule has 0 bridgehead atoms. The van der Waals surface area contributed by atoms with Gasteiger partial charge < -0.3 is 10.2 Å². The van der Waals surface area contributed by atoms with E-state index in [9.17, 15) is 19.8 Å². The summed E-state index contributed by atoms with van der Waals surface area (Å²) in [6.07, 6.45) is 11.4. The largest absolute Gasteiger partial charge is 0.481 e. The normalized spacial score (nSPS) is 24.4. The molecule has 2 saturated carbocycles. The Hall–Kier alpha value is -1.06. The number of hydrogen-bond acceptors (Lipinski definition) is 2. The molecule has 0 atom stereocenters. The first-order chi connectivity index (χ1) is 10.0. The predicted molar refractivity (Wildman–Crippen MR) is 80.2 cm³/mol. The van der Waals surface area contributed by atoms with E-state index in [0.717, 1.165) is 70.6 Å². The van der Waals surface area contributed by atoms with Gasteiger partial charge in [0.15, 0.2) is 0 Å². The van der Waals surface area contributed by atoms with Crippen LogP contribution in [0.2, 0.25) is 0 Å². The van der Waals surface area contributed by atoms with Gasteiger partial charge in [-0.1, -0.05) is 44.9 Å². The molecular weight excluding hydrogens is 268 g/mol. The highest BCUT2D eigenvalue weighted by atomic mass is 16.4. The van der Waals surface area contributed by atoms with Gasteiger partial charge in [0.2, 0.25) is 0 Å². The molecule has 0 aromatic carbocycles. The van der Waals surface area contributed by atoms with E-state index in [-0.39, 0.29) is 0 Å². The van der Waals surface area contributed by atoms with Crippen molar-refractivity contribution in [2.45, 2.75) is 83.5 Å². The van der Waals surface area contributed by atoms with Gasteiger partial charge in [-0.25, -0.2) is 0 Å². The Labute approximate surface area is 126 Å². The van der Waals surface area contributed by atoms with Crippen molar-refractivity contribution in [3.05, 3.63) is 0 Å². The molecule has 0 heterocycles. The van der Waals surface area contributed by atoms with Crippen molar-refractivity contribution in [3.8, 4) is 0 Å². The molecule has 4 heteroatoms. The second kappa shape index (κ2) is 6.80. The number of aliphatic carboxylic acids is 2. The number of carbonyl (C=O) groups is 2. The van der Waals surface area contributed by atoms with E-state index < -0.39 is 22.8 Å². The van der Waals surface area contributed by atoms with Crippen LogP contribution >= 0.6 is 0 Å². The summed E-state index contributed by atoms with van der Waals surface area (Å²) < 4.78 is 0. The number of carboxylic acid groups (broad SMARTS) is 2. The smallest absolute Gasteiger partial charge is 0.309 e. The van der Waals surface area contributed by atoms with Gasteiger partial charge in [-0.15, -0.1) is 0 Å². The van der Waals surface area contributed by atoms with Gasteiger partial charge in [-0.2, -0.15) is 0 Å². The zero-order valence-corrected chi connectivity index (χ0v) is 12.9. The van der Waals surface area contributed by atoms with E-state index in [1.807, 2.05) is 0 Å². The summed E-state index contributed by atoms with van der Waals surface area (Å²) >= 11 is 0. The molecule has 0 spiro atoms. The summed E-state index contributed by atoms with van der Waals surface area (Å²) in [7, 11) is 0. The molecule has 0 aliphatic heterocycles. The van der Waals surface area contributed by atoms with Gasteiger partial charge in [0, 0.05) is 0 Å². The van der Waals surface area contributed by atoms with Crippen molar-refractivity contribution in [3.63, 3.8) is 0 Å².